The van der Waals surface area contributed by atoms with E-state index in [1.165, 1.54) is 0 Å². The van der Waals surface area contributed by atoms with E-state index in [4.69, 9.17) is 4.74 Å². The van der Waals surface area contributed by atoms with Crippen molar-refractivity contribution >= 4 is 11.6 Å². The zero-order valence-electron chi connectivity index (χ0n) is 15.3. The van der Waals surface area contributed by atoms with Crippen molar-refractivity contribution in [2.24, 2.45) is 23.2 Å². The van der Waals surface area contributed by atoms with Gasteiger partial charge in [-0.25, -0.2) is 0 Å². The molecule has 0 aromatic heterocycles. The van der Waals surface area contributed by atoms with Crippen molar-refractivity contribution < 1.29 is 14.3 Å². The molecule has 0 N–H and O–H groups in total. The lowest BCUT2D eigenvalue weighted by molar-refractivity contribution is -0.146. The Hall–Kier alpha value is -1.12. The van der Waals surface area contributed by atoms with Crippen LogP contribution in [0.25, 0.3) is 0 Å². The Morgan fingerprint density at radius 1 is 1.04 bits per heavy atom. The van der Waals surface area contributed by atoms with Crippen molar-refractivity contribution in [1.29, 1.82) is 0 Å². The van der Waals surface area contributed by atoms with Gasteiger partial charge in [0, 0.05) is 36.7 Å². The summed E-state index contributed by atoms with van der Waals surface area (Å²) in [6.07, 6.45) is 8.11. The van der Waals surface area contributed by atoms with E-state index in [-0.39, 0.29) is 22.7 Å². The van der Waals surface area contributed by atoms with E-state index < -0.39 is 0 Å². The third kappa shape index (κ3) is 2.46. The highest BCUT2D eigenvalue weighted by Gasteiger charge is 2.55. The molecule has 0 bridgehead atoms. The zero-order chi connectivity index (χ0) is 17.1. The largest absolute Gasteiger partial charge is 0.491 e. The molecule has 0 spiro atoms. The third-order valence-electron chi connectivity index (χ3n) is 7.46. The van der Waals surface area contributed by atoms with Crippen molar-refractivity contribution in [2.45, 2.75) is 84.2 Å². The third-order valence-corrected chi connectivity index (χ3v) is 7.46. The first kappa shape index (κ1) is 16.4. The van der Waals surface area contributed by atoms with E-state index in [9.17, 15) is 9.59 Å². The monoisotopic (exact) mass is 330 g/mol. The van der Waals surface area contributed by atoms with Crippen LogP contribution in [-0.4, -0.2) is 17.2 Å². The number of Topliss-reactive ketones (excluding diaryl/α,β-unsaturated/α-hetero) is 2. The van der Waals surface area contributed by atoms with Gasteiger partial charge in [-0.3, -0.25) is 9.59 Å². The number of carbonyl (C=O) groups is 2. The highest BCUT2D eigenvalue weighted by Crippen LogP contribution is 2.57. The predicted octanol–water partition coefficient (Wildman–Crippen LogP) is 4.59. The van der Waals surface area contributed by atoms with Crippen LogP contribution < -0.4 is 0 Å². The second-order valence-electron chi connectivity index (χ2n) is 9.46. The molecule has 3 heteroatoms. The van der Waals surface area contributed by atoms with E-state index >= 15 is 0 Å². The minimum Gasteiger partial charge on any atom is -0.491 e. The Kier molecular flexibility index (Phi) is 3.71. The van der Waals surface area contributed by atoms with E-state index in [0.717, 1.165) is 62.7 Å². The van der Waals surface area contributed by atoms with Crippen LogP contribution in [0.2, 0.25) is 0 Å². The molecule has 1 heterocycles. The number of ether oxygens (including phenoxy) is 1. The van der Waals surface area contributed by atoms with E-state index in [0.29, 0.717) is 24.0 Å². The maximum Gasteiger partial charge on any atom is 0.162 e. The Balaban J connectivity index is 1.68. The van der Waals surface area contributed by atoms with E-state index in [1.54, 1.807) is 0 Å². The molecule has 24 heavy (non-hydrogen) atoms. The summed E-state index contributed by atoms with van der Waals surface area (Å²) >= 11 is 0. The number of ketones is 2. The zero-order valence-corrected chi connectivity index (χ0v) is 15.3. The quantitative estimate of drug-likeness (QED) is 0.652. The first-order chi connectivity index (χ1) is 11.3. The van der Waals surface area contributed by atoms with Crippen LogP contribution in [0.1, 0.15) is 78.6 Å². The molecule has 4 aliphatic rings. The van der Waals surface area contributed by atoms with Crippen LogP contribution in [0.5, 0.6) is 0 Å². The van der Waals surface area contributed by atoms with Gasteiger partial charge in [0.25, 0.3) is 0 Å². The Bertz CT molecular complexity index is 615. The average Bonchev–Trinajstić information content (AvgIpc) is 2.61. The van der Waals surface area contributed by atoms with Gasteiger partial charge in [0.05, 0.1) is 0 Å². The Labute approximate surface area is 145 Å². The number of carbonyl (C=O) groups excluding carboxylic acids is 2. The molecule has 0 unspecified atom stereocenters. The van der Waals surface area contributed by atoms with Crippen molar-refractivity contribution in [2.75, 3.05) is 0 Å². The maximum atomic E-state index is 12.7. The summed E-state index contributed by atoms with van der Waals surface area (Å²) in [7, 11) is 0. The van der Waals surface area contributed by atoms with Crippen LogP contribution in [-0.2, 0) is 14.3 Å². The van der Waals surface area contributed by atoms with Crippen LogP contribution in [0, 0.1) is 23.2 Å². The molecule has 3 nitrogen and oxygen atoms in total. The first-order valence-electron chi connectivity index (χ1n) is 9.77. The fourth-order valence-corrected chi connectivity index (χ4v) is 5.89. The van der Waals surface area contributed by atoms with Crippen LogP contribution >= 0.6 is 0 Å². The van der Waals surface area contributed by atoms with Gasteiger partial charge in [-0.15, -0.1) is 0 Å². The summed E-state index contributed by atoms with van der Waals surface area (Å²) in [5, 5.41) is 0. The predicted molar refractivity (Wildman–Crippen MR) is 92.3 cm³/mol. The summed E-state index contributed by atoms with van der Waals surface area (Å²) in [4.78, 5) is 25.1. The molecule has 3 aliphatic carbocycles. The Morgan fingerprint density at radius 2 is 1.83 bits per heavy atom. The minimum absolute atomic E-state index is 0.171. The number of fused-ring (bicyclic) bond motifs is 2. The van der Waals surface area contributed by atoms with Crippen molar-refractivity contribution in [3.8, 4) is 0 Å². The highest BCUT2D eigenvalue weighted by molar-refractivity contribution is 5.96. The van der Waals surface area contributed by atoms with Gasteiger partial charge in [-0.2, -0.15) is 0 Å². The van der Waals surface area contributed by atoms with Crippen molar-refractivity contribution in [1.82, 2.24) is 0 Å². The molecule has 2 fully saturated rings. The van der Waals surface area contributed by atoms with Gasteiger partial charge in [0.2, 0.25) is 0 Å². The lowest BCUT2D eigenvalue weighted by atomic mass is 9.56. The summed E-state index contributed by atoms with van der Waals surface area (Å²) in [5.74, 6) is 2.62. The average molecular weight is 330 g/mol. The van der Waals surface area contributed by atoms with Gasteiger partial charge in [-0.1, -0.05) is 13.8 Å². The van der Waals surface area contributed by atoms with Gasteiger partial charge < -0.3 is 4.74 Å². The van der Waals surface area contributed by atoms with Gasteiger partial charge in [-0.05, 0) is 56.8 Å². The lowest BCUT2D eigenvalue weighted by Crippen LogP contribution is -2.53. The lowest BCUT2D eigenvalue weighted by Gasteiger charge is -2.54. The van der Waals surface area contributed by atoms with Crippen LogP contribution in [0.3, 0.4) is 0 Å². The fraction of sp³-hybridized carbons (Fsp3) is 0.810. The number of hydrogen-bond acceptors (Lipinski definition) is 3. The summed E-state index contributed by atoms with van der Waals surface area (Å²) in [6, 6.07) is 0. The summed E-state index contributed by atoms with van der Waals surface area (Å²) < 4.78 is 6.52. The number of rotatable bonds is 0. The molecule has 4 atom stereocenters. The van der Waals surface area contributed by atoms with Gasteiger partial charge in [0.1, 0.15) is 17.1 Å². The van der Waals surface area contributed by atoms with Crippen LogP contribution in [0.4, 0.5) is 0 Å². The van der Waals surface area contributed by atoms with Crippen LogP contribution in [0.15, 0.2) is 11.3 Å². The Morgan fingerprint density at radius 3 is 2.62 bits per heavy atom. The summed E-state index contributed by atoms with van der Waals surface area (Å²) in [6.45, 7) is 6.91. The molecular weight excluding hydrogens is 300 g/mol. The molecule has 0 saturated heterocycles. The van der Waals surface area contributed by atoms with Crippen molar-refractivity contribution in [3.05, 3.63) is 11.3 Å². The standard InChI is InChI=1S/C21H30O3/c1-20(2)9-5-7-17(22)14-10-13-11-15-18(23)6-4-8-19(15)24-21(13,3)12-16(14)20/h13-14,16H,4-12H2,1-3H3/t13-,14+,16+,21-/m0/s1. The SMILES string of the molecule is CC1(C)CCCC(=O)[C@@H]2C[C@H]3CC4=C(CCCC4=O)O[C@@]3(C)C[C@H]21. The molecule has 4 rings (SSSR count). The maximum absolute atomic E-state index is 12.7. The molecule has 2 saturated carbocycles. The molecule has 132 valence electrons. The first-order valence-corrected chi connectivity index (χ1v) is 9.77. The smallest absolute Gasteiger partial charge is 0.162 e. The minimum atomic E-state index is -0.195. The number of hydrogen-bond donors (Lipinski definition) is 0. The molecule has 0 amide bonds. The molecule has 0 radical (unpaired) electrons. The molecular formula is C21H30O3. The van der Waals surface area contributed by atoms with E-state index in [2.05, 4.69) is 20.8 Å². The van der Waals surface area contributed by atoms with E-state index in [1.807, 2.05) is 0 Å². The van der Waals surface area contributed by atoms with Gasteiger partial charge in [0.15, 0.2) is 5.78 Å². The molecule has 0 aromatic rings. The summed E-state index contributed by atoms with van der Waals surface area (Å²) in [5.41, 5.74) is 0.951. The normalized spacial score (nSPS) is 41.7. The van der Waals surface area contributed by atoms with Gasteiger partial charge >= 0.3 is 0 Å². The second-order valence-corrected chi connectivity index (χ2v) is 9.46. The fourth-order valence-electron chi connectivity index (χ4n) is 5.89. The topological polar surface area (TPSA) is 43.4 Å². The molecule has 1 aliphatic heterocycles. The van der Waals surface area contributed by atoms with Crippen molar-refractivity contribution in [3.63, 3.8) is 0 Å². The molecule has 0 aromatic carbocycles. The number of allylic oxidation sites excluding steroid dienone is 2. The highest BCUT2D eigenvalue weighted by atomic mass is 16.5. The second kappa shape index (κ2) is 5.44.